The van der Waals surface area contributed by atoms with Crippen LogP contribution in [0, 0.1) is 0 Å². The lowest BCUT2D eigenvalue weighted by atomic mass is 10.0. The van der Waals surface area contributed by atoms with Crippen LogP contribution in [0.5, 0.6) is 0 Å². The molecule has 4 nitrogen and oxygen atoms in total. The molecule has 0 saturated heterocycles. The van der Waals surface area contributed by atoms with E-state index in [1.165, 1.54) is 9.91 Å². The summed E-state index contributed by atoms with van der Waals surface area (Å²) in [5.74, 6) is -1.50. The molecule has 0 aromatic heterocycles. The van der Waals surface area contributed by atoms with Crippen LogP contribution in [0.15, 0.2) is 54.0 Å². The van der Waals surface area contributed by atoms with Gasteiger partial charge in [-0.3, -0.25) is 10.2 Å². The quantitative estimate of drug-likeness (QED) is 0.464. The summed E-state index contributed by atoms with van der Waals surface area (Å²) >= 11 is 12.6. The summed E-state index contributed by atoms with van der Waals surface area (Å²) in [6.07, 6.45) is 0.501. The number of amides is 1. The molecule has 1 N–H and O–H groups in total. The maximum atomic E-state index is 15.0. The van der Waals surface area contributed by atoms with E-state index in [4.69, 9.17) is 23.2 Å². The third-order valence-corrected chi connectivity index (χ3v) is 7.15. The minimum atomic E-state index is -2.94. The van der Waals surface area contributed by atoms with Crippen molar-refractivity contribution in [1.29, 1.82) is 0 Å². The molecule has 174 valence electrons. The zero-order valence-electron chi connectivity index (χ0n) is 17.6. The third kappa shape index (κ3) is 4.34. The van der Waals surface area contributed by atoms with Crippen molar-refractivity contribution >= 4 is 34.8 Å². The Labute approximate surface area is 199 Å². The Balaban J connectivity index is 1.56. The van der Waals surface area contributed by atoms with Gasteiger partial charge in [0.25, 0.3) is 12.3 Å². The van der Waals surface area contributed by atoms with Crippen LogP contribution in [0.25, 0.3) is 0 Å². The summed E-state index contributed by atoms with van der Waals surface area (Å²) < 4.78 is 43.1. The van der Waals surface area contributed by atoms with Crippen molar-refractivity contribution in [3.05, 3.63) is 75.2 Å². The highest BCUT2D eigenvalue weighted by atomic mass is 35.5. The molecule has 2 aromatic carbocycles. The summed E-state index contributed by atoms with van der Waals surface area (Å²) in [6.45, 7) is 0.0573. The van der Waals surface area contributed by atoms with Crippen LogP contribution in [0.3, 0.4) is 0 Å². The van der Waals surface area contributed by atoms with Crippen LogP contribution in [-0.2, 0) is 11.3 Å². The molecule has 2 saturated carbocycles. The number of hydrogen-bond donors (Lipinski definition) is 1. The molecule has 1 aliphatic heterocycles. The first kappa shape index (κ1) is 22.6. The highest BCUT2D eigenvalue weighted by molar-refractivity contribution is 6.44. The number of rotatable bonds is 7. The molecule has 9 heteroatoms. The predicted octanol–water partition coefficient (Wildman–Crippen LogP) is 6.20. The Bertz CT molecular complexity index is 1120. The number of alkyl halides is 2. The van der Waals surface area contributed by atoms with E-state index in [9.17, 15) is 18.0 Å². The van der Waals surface area contributed by atoms with Crippen molar-refractivity contribution in [3.63, 3.8) is 0 Å². The minimum Gasteiger partial charge on any atom is -0.302 e. The number of carbonyl (C=O) groups excluding carboxylic acids is 1. The van der Waals surface area contributed by atoms with Crippen molar-refractivity contribution in [2.24, 2.45) is 0 Å². The van der Waals surface area contributed by atoms with Gasteiger partial charge in [-0.1, -0.05) is 53.5 Å². The van der Waals surface area contributed by atoms with Crippen LogP contribution in [0.1, 0.15) is 42.7 Å². The van der Waals surface area contributed by atoms with E-state index in [2.05, 4.69) is 5.43 Å². The van der Waals surface area contributed by atoms with Crippen molar-refractivity contribution < 1.29 is 18.0 Å². The van der Waals surface area contributed by atoms with Crippen LogP contribution in [0.2, 0.25) is 10.0 Å². The fraction of sp³-hybridized carbons (Fsp3) is 0.375. The summed E-state index contributed by atoms with van der Waals surface area (Å²) in [5, 5.41) is 1.49. The van der Waals surface area contributed by atoms with E-state index < -0.39 is 29.9 Å². The molecule has 2 aromatic rings. The van der Waals surface area contributed by atoms with E-state index in [-0.39, 0.29) is 28.3 Å². The Kier molecular flexibility index (Phi) is 6.05. The van der Waals surface area contributed by atoms with E-state index in [0.29, 0.717) is 18.8 Å². The second-order valence-electron chi connectivity index (χ2n) is 8.69. The maximum Gasteiger partial charge on any atom is 0.261 e. The number of benzene rings is 2. The topological polar surface area (TPSA) is 35.6 Å². The molecule has 1 amide bonds. The molecule has 0 radical (unpaired) electrons. The van der Waals surface area contributed by atoms with Gasteiger partial charge in [0.15, 0.2) is 0 Å². The normalized spacial score (nSPS) is 21.0. The SMILES string of the molecule is O=C(C1=C(F)NN(C2CC2)C1C(F)F)N(Cc1ccccc1C1CC1)c1cccc(Cl)c1Cl. The third-order valence-electron chi connectivity index (χ3n) is 6.34. The van der Waals surface area contributed by atoms with Gasteiger partial charge < -0.3 is 4.90 Å². The maximum absolute atomic E-state index is 15.0. The van der Waals surface area contributed by atoms with Gasteiger partial charge in [-0.25, -0.2) is 13.8 Å². The standard InChI is InChI=1S/C24H22Cl2F3N3O/c25-17-6-3-7-18(20(17)26)31(12-14-4-1-2-5-16(14)13-8-9-13)24(33)19-21(22(27)28)32(15-10-11-15)30-23(19)29/h1-7,13,15,21-22,30H,8-12H2. The number of nitrogens with one attached hydrogen (secondary N) is 1. The monoisotopic (exact) mass is 495 g/mol. The zero-order chi connectivity index (χ0) is 23.3. The summed E-state index contributed by atoms with van der Waals surface area (Å²) in [4.78, 5) is 15.0. The average molecular weight is 496 g/mol. The molecule has 0 spiro atoms. The first-order valence-electron chi connectivity index (χ1n) is 10.9. The van der Waals surface area contributed by atoms with E-state index in [1.807, 2.05) is 24.3 Å². The van der Waals surface area contributed by atoms with Crippen molar-refractivity contribution in [2.45, 2.75) is 56.7 Å². The number of anilines is 1. The Hall–Kier alpha value is -2.22. The number of hydrogen-bond acceptors (Lipinski definition) is 3. The highest BCUT2D eigenvalue weighted by Gasteiger charge is 2.49. The van der Waals surface area contributed by atoms with E-state index in [1.54, 1.807) is 18.2 Å². The van der Waals surface area contributed by atoms with Crippen molar-refractivity contribution in [1.82, 2.24) is 10.4 Å². The fourth-order valence-corrected chi connectivity index (χ4v) is 4.80. The van der Waals surface area contributed by atoms with Gasteiger partial charge in [-0.05, 0) is 54.9 Å². The number of nitrogens with zero attached hydrogens (tertiary/aromatic N) is 2. The van der Waals surface area contributed by atoms with Crippen LogP contribution in [-0.4, -0.2) is 29.4 Å². The molecule has 1 atom stereocenters. The second-order valence-corrected chi connectivity index (χ2v) is 9.48. The first-order valence-corrected chi connectivity index (χ1v) is 11.7. The molecule has 1 heterocycles. The fourth-order valence-electron chi connectivity index (χ4n) is 4.40. The van der Waals surface area contributed by atoms with Gasteiger partial charge in [0, 0.05) is 6.04 Å². The molecule has 5 rings (SSSR count). The van der Waals surface area contributed by atoms with Crippen LogP contribution >= 0.6 is 23.2 Å². The van der Waals surface area contributed by atoms with E-state index in [0.717, 1.165) is 24.0 Å². The van der Waals surface area contributed by atoms with Gasteiger partial charge in [0.05, 0.1) is 27.9 Å². The van der Waals surface area contributed by atoms with Gasteiger partial charge in [0.1, 0.15) is 6.04 Å². The largest absolute Gasteiger partial charge is 0.302 e. The summed E-state index contributed by atoms with van der Waals surface area (Å²) in [5.41, 5.74) is 4.00. The molecular formula is C24H22Cl2F3N3O. The second kappa shape index (κ2) is 8.85. The van der Waals surface area contributed by atoms with Crippen LogP contribution < -0.4 is 10.3 Å². The number of hydrazine groups is 1. The average Bonchev–Trinajstić information content (AvgIpc) is 3.71. The molecule has 33 heavy (non-hydrogen) atoms. The van der Waals surface area contributed by atoms with Gasteiger partial charge in [-0.2, -0.15) is 4.39 Å². The molecular weight excluding hydrogens is 474 g/mol. The van der Waals surface area contributed by atoms with Gasteiger partial charge >= 0.3 is 0 Å². The first-order chi connectivity index (χ1) is 15.9. The molecule has 1 unspecified atom stereocenters. The van der Waals surface area contributed by atoms with Crippen molar-refractivity contribution in [3.8, 4) is 0 Å². The minimum absolute atomic E-state index is 0.0573. The van der Waals surface area contributed by atoms with Gasteiger partial charge in [-0.15, -0.1) is 0 Å². The molecule has 2 fully saturated rings. The smallest absolute Gasteiger partial charge is 0.261 e. The predicted molar refractivity (Wildman–Crippen MR) is 122 cm³/mol. The lowest BCUT2D eigenvalue weighted by Crippen LogP contribution is -2.47. The lowest BCUT2D eigenvalue weighted by molar-refractivity contribution is -0.116. The summed E-state index contributed by atoms with van der Waals surface area (Å²) in [7, 11) is 0. The Morgan fingerprint density at radius 3 is 2.48 bits per heavy atom. The van der Waals surface area contributed by atoms with Crippen LogP contribution in [0.4, 0.5) is 18.9 Å². The summed E-state index contributed by atoms with van der Waals surface area (Å²) in [6, 6.07) is 10.6. The Morgan fingerprint density at radius 2 is 1.82 bits per heavy atom. The molecule has 0 bridgehead atoms. The lowest BCUT2D eigenvalue weighted by Gasteiger charge is -2.29. The number of carbonyl (C=O) groups is 1. The molecule has 3 aliphatic rings. The van der Waals surface area contributed by atoms with Crippen molar-refractivity contribution in [2.75, 3.05) is 4.90 Å². The van der Waals surface area contributed by atoms with E-state index >= 15 is 0 Å². The number of halogens is 5. The zero-order valence-corrected chi connectivity index (χ0v) is 19.1. The Morgan fingerprint density at radius 1 is 1.09 bits per heavy atom. The molecule has 2 aliphatic carbocycles. The highest BCUT2D eigenvalue weighted by Crippen LogP contribution is 2.43. The van der Waals surface area contributed by atoms with Gasteiger partial charge in [0.2, 0.25) is 5.95 Å².